The number of nitrogens with zero attached hydrogens (tertiary/aromatic N) is 2. The van der Waals surface area contributed by atoms with Crippen molar-refractivity contribution in [1.29, 1.82) is 0 Å². The number of aryl methyl sites for hydroxylation is 2. The molecule has 0 aliphatic carbocycles. The van der Waals surface area contributed by atoms with Crippen molar-refractivity contribution in [1.82, 2.24) is 4.98 Å². The van der Waals surface area contributed by atoms with E-state index in [0.717, 1.165) is 21.5 Å². The molecule has 0 saturated carbocycles. The van der Waals surface area contributed by atoms with E-state index in [9.17, 15) is 0 Å². The highest BCUT2D eigenvalue weighted by Gasteiger charge is 2.12. The fraction of sp³-hybridized carbons (Fsp3) is 0.267. The number of alkyl halides is 1. The number of benzene rings is 1. The van der Waals surface area contributed by atoms with Crippen LogP contribution in [0.5, 0.6) is 0 Å². The molecule has 0 atom stereocenters. The normalized spacial score (nSPS) is 10.6. The molecular formula is C15H16BrClN2. The van der Waals surface area contributed by atoms with Gasteiger partial charge >= 0.3 is 0 Å². The summed E-state index contributed by atoms with van der Waals surface area (Å²) in [5.74, 6) is 1.34. The predicted molar refractivity (Wildman–Crippen MR) is 85.5 cm³/mol. The van der Waals surface area contributed by atoms with Crippen LogP contribution in [0.15, 0.2) is 34.9 Å². The highest BCUT2D eigenvalue weighted by molar-refractivity contribution is 9.10. The molecule has 0 aliphatic rings. The minimum atomic E-state index is 0.441. The van der Waals surface area contributed by atoms with E-state index in [0.29, 0.717) is 5.88 Å². The second-order valence-electron chi connectivity index (χ2n) is 4.62. The van der Waals surface area contributed by atoms with Gasteiger partial charge in [0.1, 0.15) is 5.82 Å². The summed E-state index contributed by atoms with van der Waals surface area (Å²) in [6.45, 7) is 4.21. The van der Waals surface area contributed by atoms with E-state index in [-0.39, 0.29) is 0 Å². The van der Waals surface area contributed by atoms with E-state index in [1.165, 1.54) is 11.1 Å². The molecule has 0 amide bonds. The Labute approximate surface area is 127 Å². The van der Waals surface area contributed by atoms with E-state index in [4.69, 9.17) is 11.6 Å². The number of aromatic nitrogens is 1. The third kappa shape index (κ3) is 3.10. The number of hydrogen-bond donors (Lipinski definition) is 0. The standard InChI is InChI=1S/C15H16BrClN2/c1-10-4-5-14(11(2)6-10)19(3)15-12(8-17)7-13(16)9-18-15/h4-7,9H,8H2,1-3H3. The number of anilines is 2. The lowest BCUT2D eigenvalue weighted by Gasteiger charge is -2.23. The molecule has 4 heteroatoms. The molecule has 0 saturated heterocycles. The summed E-state index contributed by atoms with van der Waals surface area (Å²) >= 11 is 9.44. The molecule has 2 rings (SSSR count). The fourth-order valence-electron chi connectivity index (χ4n) is 2.17. The van der Waals surface area contributed by atoms with Crippen molar-refractivity contribution < 1.29 is 0 Å². The van der Waals surface area contributed by atoms with Crippen LogP contribution < -0.4 is 4.90 Å². The van der Waals surface area contributed by atoms with Gasteiger partial charge in [0.25, 0.3) is 0 Å². The second-order valence-corrected chi connectivity index (χ2v) is 5.80. The first-order valence-corrected chi connectivity index (χ1v) is 7.37. The molecule has 100 valence electrons. The SMILES string of the molecule is Cc1ccc(N(C)c2ncc(Br)cc2CCl)c(C)c1. The maximum atomic E-state index is 6.01. The van der Waals surface area contributed by atoms with E-state index in [1.54, 1.807) is 6.20 Å². The van der Waals surface area contributed by atoms with Crippen LogP contribution >= 0.6 is 27.5 Å². The van der Waals surface area contributed by atoms with Crippen molar-refractivity contribution in [2.24, 2.45) is 0 Å². The smallest absolute Gasteiger partial charge is 0.137 e. The first kappa shape index (κ1) is 14.4. The van der Waals surface area contributed by atoms with Gasteiger partial charge < -0.3 is 4.90 Å². The molecular weight excluding hydrogens is 324 g/mol. The third-order valence-electron chi connectivity index (χ3n) is 3.08. The van der Waals surface area contributed by atoms with Crippen LogP contribution in [0.25, 0.3) is 0 Å². The van der Waals surface area contributed by atoms with E-state index < -0.39 is 0 Å². The van der Waals surface area contributed by atoms with Crippen LogP contribution in [0.3, 0.4) is 0 Å². The summed E-state index contributed by atoms with van der Waals surface area (Å²) in [4.78, 5) is 6.57. The Kier molecular flexibility index (Phi) is 4.48. The zero-order valence-corrected chi connectivity index (χ0v) is 13.6. The summed E-state index contributed by atoms with van der Waals surface area (Å²) in [5.41, 5.74) is 4.65. The van der Waals surface area contributed by atoms with Gasteiger partial charge in [0.05, 0.1) is 5.88 Å². The lowest BCUT2D eigenvalue weighted by Crippen LogP contribution is -2.14. The van der Waals surface area contributed by atoms with Crippen LogP contribution in [0.2, 0.25) is 0 Å². The highest BCUT2D eigenvalue weighted by Crippen LogP contribution is 2.30. The summed E-state index contributed by atoms with van der Waals surface area (Å²) < 4.78 is 0.945. The Bertz CT molecular complexity index is 599. The molecule has 0 N–H and O–H groups in total. The van der Waals surface area contributed by atoms with Crippen LogP contribution in [-0.4, -0.2) is 12.0 Å². The van der Waals surface area contributed by atoms with Gasteiger partial charge in [-0.2, -0.15) is 0 Å². The Morgan fingerprint density at radius 1 is 1.26 bits per heavy atom. The first-order chi connectivity index (χ1) is 9.02. The van der Waals surface area contributed by atoms with Crippen molar-refractivity contribution in [2.75, 3.05) is 11.9 Å². The van der Waals surface area contributed by atoms with Crippen molar-refractivity contribution >= 4 is 39.0 Å². The van der Waals surface area contributed by atoms with Gasteiger partial charge in [-0.3, -0.25) is 0 Å². The predicted octanol–water partition coefficient (Wildman–Crippen LogP) is 4.97. The molecule has 1 aromatic heterocycles. The quantitative estimate of drug-likeness (QED) is 0.734. The van der Waals surface area contributed by atoms with Gasteiger partial charge in [-0.25, -0.2) is 4.98 Å². The number of pyridine rings is 1. The molecule has 2 nitrogen and oxygen atoms in total. The molecule has 0 spiro atoms. The molecule has 0 radical (unpaired) electrons. The maximum Gasteiger partial charge on any atom is 0.137 e. The monoisotopic (exact) mass is 338 g/mol. The second kappa shape index (κ2) is 5.93. The molecule has 1 aromatic carbocycles. The summed E-state index contributed by atoms with van der Waals surface area (Å²) in [5, 5.41) is 0. The first-order valence-electron chi connectivity index (χ1n) is 6.04. The van der Waals surface area contributed by atoms with Gasteiger partial charge in [-0.15, -0.1) is 11.6 Å². The summed E-state index contributed by atoms with van der Waals surface area (Å²) in [7, 11) is 2.02. The average molecular weight is 340 g/mol. The topological polar surface area (TPSA) is 16.1 Å². The van der Waals surface area contributed by atoms with Crippen molar-refractivity contribution in [3.63, 3.8) is 0 Å². The van der Waals surface area contributed by atoms with E-state index in [1.807, 2.05) is 13.1 Å². The minimum absolute atomic E-state index is 0.441. The van der Waals surface area contributed by atoms with E-state index in [2.05, 4.69) is 57.9 Å². The lowest BCUT2D eigenvalue weighted by atomic mass is 10.1. The van der Waals surface area contributed by atoms with Gasteiger partial charge in [0.15, 0.2) is 0 Å². The molecule has 1 heterocycles. The highest BCUT2D eigenvalue weighted by atomic mass is 79.9. The van der Waals surface area contributed by atoms with Gasteiger partial charge in [0, 0.05) is 29.0 Å². The summed E-state index contributed by atoms with van der Waals surface area (Å²) in [6.07, 6.45) is 1.80. The maximum absolute atomic E-state index is 6.01. The zero-order chi connectivity index (χ0) is 14.0. The van der Waals surface area contributed by atoms with Crippen LogP contribution in [0.1, 0.15) is 16.7 Å². The van der Waals surface area contributed by atoms with Gasteiger partial charge in [0.2, 0.25) is 0 Å². The van der Waals surface area contributed by atoms with Gasteiger partial charge in [-0.05, 0) is 47.5 Å². The third-order valence-corrected chi connectivity index (χ3v) is 3.81. The van der Waals surface area contributed by atoms with Gasteiger partial charge in [-0.1, -0.05) is 17.7 Å². The molecule has 0 aliphatic heterocycles. The fourth-order valence-corrected chi connectivity index (χ4v) is 2.75. The molecule has 0 fully saturated rings. The van der Waals surface area contributed by atoms with Crippen LogP contribution in [0.4, 0.5) is 11.5 Å². The number of rotatable bonds is 3. The van der Waals surface area contributed by atoms with Crippen molar-refractivity contribution in [3.05, 3.63) is 51.6 Å². The average Bonchev–Trinajstić information content (AvgIpc) is 2.37. The Morgan fingerprint density at radius 2 is 2.00 bits per heavy atom. The van der Waals surface area contributed by atoms with Crippen LogP contribution in [-0.2, 0) is 5.88 Å². The summed E-state index contributed by atoms with van der Waals surface area (Å²) in [6, 6.07) is 8.41. The van der Waals surface area contributed by atoms with Crippen LogP contribution in [0, 0.1) is 13.8 Å². The molecule has 2 aromatic rings. The number of hydrogen-bond acceptors (Lipinski definition) is 2. The Morgan fingerprint density at radius 3 is 2.63 bits per heavy atom. The zero-order valence-electron chi connectivity index (χ0n) is 11.2. The Hall–Kier alpha value is -1.06. The number of halogens is 2. The molecule has 19 heavy (non-hydrogen) atoms. The minimum Gasteiger partial charge on any atom is -0.329 e. The Balaban J connectivity index is 2.46. The van der Waals surface area contributed by atoms with E-state index >= 15 is 0 Å². The van der Waals surface area contributed by atoms with Crippen molar-refractivity contribution in [3.8, 4) is 0 Å². The molecule has 0 unspecified atom stereocenters. The lowest BCUT2D eigenvalue weighted by molar-refractivity contribution is 1.08. The van der Waals surface area contributed by atoms with Crippen molar-refractivity contribution in [2.45, 2.75) is 19.7 Å². The molecule has 0 bridgehead atoms. The largest absolute Gasteiger partial charge is 0.329 e.